The van der Waals surface area contributed by atoms with E-state index in [1.807, 2.05) is 0 Å². The number of carbonyl (C=O) groups is 1. The number of benzene rings is 3. The minimum atomic E-state index is -5.08. The molecule has 0 bridgehead atoms. The summed E-state index contributed by atoms with van der Waals surface area (Å²) >= 11 is 0. The van der Waals surface area contributed by atoms with Gasteiger partial charge in [-0.25, -0.2) is 0 Å². The van der Waals surface area contributed by atoms with Crippen LogP contribution in [-0.4, -0.2) is 5.78 Å². The first kappa shape index (κ1) is 20.3. The lowest BCUT2D eigenvalue weighted by Crippen LogP contribution is -2.20. The van der Waals surface area contributed by atoms with Crippen molar-refractivity contribution >= 4 is 15.2 Å². The molecule has 0 saturated heterocycles. The second-order valence-corrected chi connectivity index (χ2v) is 9.27. The largest absolute Gasteiger partial charge is 0.417 e. The Hall–Kier alpha value is -2.96. The zero-order valence-corrected chi connectivity index (χ0v) is 15.8. The molecule has 154 valence electrons. The minimum absolute atomic E-state index is 0.00111. The lowest BCUT2D eigenvalue weighted by molar-refractivity contribution is -0.147. The van der Waals surface area contributed by atoms with Gasteiger partial charge in [-0.2, -0.15) is 26.3 Å². The molecule has 0 radical (unpaired) electrons. The molecule has 1 aliphatic heterocycles. The fourth-order valence-corrected chi connectivity index (χ4v) is 7.02. The van der Waals surface area contributed by atoms with Crippen molar-refractivity contribution in [3.8, 4) is 5.69 Å². The highest BCUT2D eigenvalue weighted by molar-refractivity contribution is 8.24. The Morgan fingerprint density at radius 3 is 1.43 bits per heavy atom. The van der Waals surface area contributed by atoms with Crippen LogP contribution in [0.3, 0.4) is 0 Å². The summed E-state index contributed by atoms with van der Waals surface area (Å²) in [6.07, 6.45) is -10.2. The highest BCUT2D eigenvalue weighted by Crippen LogP contribution is 2.65. The van der Waals surface area contributed by atoms with Gasteiger partial charge < -0.3 is 0 Å². The van der Waals surface area contributed by atoms with E-state index < -0.39 is 43.6 Å². The van der Waals surface area contributed by atoms with Crippen molar-refractivity contribution in [1.82, 2.24) is 0 Å². The highest BCUT2D eigenvalue weighted by Gasteiger charge is 2.46. The van der Waals surface area contributed by atoms with Crippen LogP contribution in [0.5, 0.6) is 0 Å². The molecular weight excluding hydrogens is 426 g/mol. The van der Waals surface area contributed by atoms with Gasteiger partial charge >= 0.3 is 12.4 Å². The Balaban J connectivity index is 2.25. The van der Waals surface area contributed by atoms with E-state index >= 15 is 0 Å². The first-order valence-corrected chi connectivity index (χ1v) is 10.3. The van der Waals surface area contributed by atoms with Gasteiger partial charge in [0.25, 0.3) is 0 Å². The number of hydrogen-bond acceptors (Lipinski definition) is 1. The monoisotopic (exact) mass is 438 g/mol. The molecule has 3 aromatic carbocycles. The fraction of sp³-hybridized carbons (Fsp3) is 0.0909. The van der Waals surface area contributed by atoms with Crippen molar-refractivity contribution in [2.45, 2.75) is 27.0 Å². The van der Waals surface area contributed by atoms with Crippen molar-refractivity contribution in [2.24, 2.45) is 0 Å². The predicted molar refractivity (Wildman–Crippen MR) is 100 cm³/mol. The van der Waals surface area contributed by atoms with Crippen LogP contribution < -0.4 is 0 Å². The lowest BCUT2D eigenvalue weighted by Gasteiger charge is -2.36. The standard InChI is InChI=1S/C22H12F6OS/c1-30(20-15(21(23,24)25)9-6-10-16(20)22(26,27)28)17-11-4-2-7-13(17)19(29)14-8-3-5-12-18(14)30/h1-12H. The summed E-state index contributed by atoms with van der Waals surface area (Å²) in [5.41, 5.74) is 3.66. The molecule has 8 heteroatoms. The molecule has 0 aromatic heterocycles. The van der Waals surface area contributed by atoms with Gasteiger partial charge in [0.1, 0.15) is 0 Å². The predicted octanol–water partition coefficient (Wildman–Crippen LogP) is 7.14. The van der Waals surface area contributed by atoms with Crippen molar-refractivity contribution in [3.63, 3.8) is 0 Å². The molecule has 0 saturated carbocycles. The molecule has 4 rings (SSSR count). The van der Waals surface area contributed by atoms with Crippen molar-refractivity contribution in [2.75, 3.05) is 0 Å². The third-order valence-electron chi connectivity index (χ3n) is 4.90. The fourth-order valence-electron chi connectivity index (χ4n) is 3.68. The number of ketones is 1. The first-order valence-electron chi connectivity index (χ1n) is 8.58. The number of carbonyl (C=O) groups excluding carboxylic acids is 1. The average molecular weight is 438 g/mol. The zero-order valence-electron chi connectivity index (χ0n) is 15.0. The van der Waals surface area contributed by atoms with E-state index in [-0.39, 0.29) is 20.9 Å². The van der Waals surface area contributed by atoms with Gasteiger partial charge in [-0.15, -0.1) is 15.1 Å². The molecule has 1 nitrogen and oxygen atoms in total. The average Bonchev–Trinajstić information content (AvgIpc) is 2.70. The molecule has 0 amide bonds. The van der Waals surface area contributed by atoms with Crippen LogP contribution in [0.4, 0.5) is 26.3 Å². The van der Waals surface area contributed by atoms with Gasteiger partial charge in [-0.1, -0.05) is 30.3 Å². The normalized spacial score (nSPS) is 15.4. The van der Waals surface area contributed by atoms with Crippen LogP contribution in [0.2, 0.25) is 0 Å². The van der Waals surface area contributed by atoms with Crippen LogP contribution in [0.15, 0.2) is 81.4 Å². The van der Waals surface area contributed by atoms with Crippen LogP contribution in [-0.2, 0) is 12.4 Å². The molecule has 1 aliphatic rings. The Kier molecular flexibility index (Phi) is 4.42. The summed E-state index contributed by atoms with van der Waals surface area (Å²) in [6.45, 7) is 0. The molecule has 0 unspecified atom stereocenters. The Morgan fingerprint density at radius 1 is 0.633 bits per heavy atom. The third-order valence-corrected chi connectivity index (χ3v) is 8.09. The van der Waals surface area contributed by atoms with E-state index in [1.165, 1.54) is 48.5 Å². The second-order valence-electron chi connectivity index (χ2n) is 6.66. The Bertz CT molecular complexity index is 1200. The Labute approximate surface area is 168 Å². The molecule has 3 aromatic rings. The topological polar surface area (TPSA) is 17.1 Å². The third kappa shape index (κ3) is 2.87. The number of rotatable bonds is 0. The van der Waals surface area contributed by atoms with Gasteiger partial charge in [0.2, 0.25) is 0 Å². The summed E-state index contributed by atoms with van der Waals surface area (Å²) < 4.78 is 83.4. The molecule has 0 spiro atoms. The lowest BCUT2D eigenvalue weighted by atomic mass is 10.0. The Morgan fingerprint density at radius 2 is 1.03 bits per heavy atom. The van der Waals surface area contributed by atoms with E-state index in [4.69, 9.17) is 5.69 Å². The van der Waals surface area contributed by atoms with E-state index in [0.29, 0.717) is 18.2 Å². The van der Waals surface area contributed by atoms with Crippen molar-refractivity contribution in [1.29, 1.82) is 0 Å². The maximum atomic E-state index is 13.9. The maximum absolute atomic E-state index is 13.9. The van der Waals surface area contributed by atoms with E-state index in [1.54, 1.807) is 0 Å². The first-order chi connectivity index (χ1) is 14.0. The number of halogens is 6. The van der Waals surface area contributed by atoms with Crippen molar-refractivity contribution in [3.05, 3.63) is 89.0 Å². The van der Waals surface area contributed by atoms with E-state index in [9.17, 15) is 31.1 Å². The SMILES string of the molecule is C#S1(c2c(C(F)(F)F)cccc2C(F)(F)F)c2ccccc2C(=O)c2ccccc21. The van der Waals surface area contributed by atoms with Crippen LogP contribution in [0, 0.1) is 5.69 Å². The number of alkyl halides is 6. The van der Waals surface area contributed by atoms with Gasteiger partial charge in [0.15, 0.2) is 5.78 Å². The van der Waals surface area contributed by atoms with E-state index in [0.717, 1.165) is 0 Å². The van der Waals surface area contributed by atoms with Crippen molar-refractivity contribution < 1.29 is 31.1 Å². The summed E-state index contributed by atoms with van der Waals surface area (Å²) in [5, 5.41) is 0. The number of fused-ring (bicyclic) bond motifs is 2. The number of hydrogen-bond donors (Lipinski definition) is 0. The maximum Gasteiger partial charge on any atom is 0.417 e. The van der Waals surface area contributed by atoms with Gasteiger partial charge in [0, 0.05) is 25.8 Å². The van der Waals surface area contributed by atoms with Gasteiger partial charge in [0.05, 0.1) is 11.1 Å². The van der Waals surface area contributed by atoms with Crippen LogP contribution in [0.1, 0.15) is 27.0 Å². The second kappa shape index (κ2) is 6.52. The van der Waals surface area contributed by atoms with Gasteiger partial charge in [-0.3, -0.25) is 4.79 Å². The molecule has 0 N–H and O–H groups in total. The molecule has 0 fully saturated rings. The van der Waals surface area contributed by atoms with Crippen LogP contribution >= 0.6 is 9.44 Å². The quantitative estimate of drug-likeness (QED) is 0.267. The summed E-state index contributed by atoms with van der Waals surface area (Å²) in [6, 6.07) is 13.1. The van der Waals surface area contributed by atoms with E-state index in [2.05, 4.69) is 0 Å². The molecule has 30 heavy (non-hydrogen) atoms. The molecule has 0 aliphatic carbocycles. The molecule has 1 heterocycles. The minimum Gasteiger partial charge on any atom is -0.289 e. The summed E-state index contributed by atoms with van der Waals surface area (Å²) in [7, 11) is -3.56. The zero-order chi connectivity index (χ0) is 21.9. The molecule has 0 atom stereocenters. The van der Waals surface area contributed by atoms with Crippen LogP contribution in [0.25, 0.3) is 0 Å². The summed E-state index contributed by atoms with van der Waals surface area (Å²) in [5.74, 6) is -0.493. The molecular formula is C22H12F6OS. The van der Waals surface area contributed by atoms with Gasteiger partial charge in [-0.05, 0) is 36.4 Å². The summed E-state index contributed by atoms with van der Waals surface area (Å²) in [4.78, 5) is 11.8. The highest BCUT2D eigenvalue weighted by atomic mass is 32.2. The smallest absolute Gasteiger partial charge is 0.289 e.